The van der Waals surface area contributed by atoms with Gasteiger partial charge in [0.2, 0.25) is 5.88 Å². The Hall–Kier alpha value is -1.94. The number of nitrogens with zero attached hydrogens (tertiary/aromatic N) is 2. The molecule has 0 saturated heterocycles. The Morgan fingerprint density at radius 3 is 2.68 bits per heavy atom. The molecule has 1 aromatic carbocycles. The zero-order valence-corrected chi connectivity index (χ0v) is 11.3. The minimum absolute atomic E-state index is 0.221. The fourth-order valence-electron chi connectivity index (χ4n) is 2.01. The molecule has 100 valence electrons. The van der Waals surface area contributed by atoms with Crippen molar-refractivity contribution < 1.29 is 4.74 Å². The largest absolute Gasteiger partial charge is 0.481 e. The van der Waals surface area contributed by atoms with Crippen LogP contribution in [0.2, 0.25) is 0 Å². The molecule has 2 rings (SSSR count). The van der Waals surface area contributed by atoms with Crippen molar-refractivity contribution in [2.45, 2.75) is 19.4 Å². The molecule has 0 radical (unpaired) electrons. The molecule has 4 nitrogen and oxygen atoms in total. The van der Waals surface area contributed by atoms with Crippen LogP contribution in [0.4, 0.5) is 0 Å². The number of nitrogens with one attached hydrogen (secondary N) is 1. The second kappa shape index (κ2) is 6.85. The zero-order chi connectivity index (χ0) is 13.5. The SMILES string of the molecule is CCNC(Cc1nccc(OC)n1)c1ccccc1. The van der Waals surface area contributed by atoms with E-state index in [0.717, 1.165) is 18.8 Å². The van der Waals surface area contributed by atoms with Gasteiger partial charge in [0, 0.05) is 24.7 Å². The highest BCUT2D eigenvalue weighted by molar-refractivity contribution is 5.20. The number of ether oxygens (including phenoxy) is 1. The summed E-state index contributed by atoms with van der Waals surface area (Å²) in [6.45, 7) is 3.01. The van der Waals surface area contributed by atoms with Gasteiger partial charge in [0.05, 0.1) is 7.11 Å². The van der Waals surface area contributed by atoms with Crippen molar-refractivity contribution in [1.82, 2.24) is 15.3 Å². The van der Waals surface area contributed by atoms with Crippen molar-refractivity contribution >= 4 is 0 Å². The second-order valence-electron chi connectivity index (χ2n) is 4.24. The Kier molecular flexibility index (Phi) is 4.86. The Morgan fingerprint density at radius 2 is 2.00 bits per heavy atom. The fourth-order valence-corrected chi connectivity index (χ4v) is 2.01. The number of hydrogen-bond donors (Lipinski definition) is 1. The van der Waals surface area contributed by atoms with Crippen molar-refractivity contribution in [2.75, 3.05) is 13.7 Å². The van der Waals surface area contributed by atoms with Crippen molar-refractivity contribution in [2.24, 2.45) is 0 Å². The summed E-state index contributed by atoms with van der Waals surface area (Å²) >= 11 is 0. The molecule has 0 aliphatic rings. The predicted octanol–water partition coefficient (Wildman–Crippen LogP) is 2.38. The molecule has 1 N–H and O–H groups in total. The summed E-state index contributed by atoms with van der Waals surface area (Å²) in [5, 5.41) is 3.46. The first-order chi connectivity index (χ1) is 9.33. The average molecular weight is 257 g/mol. The molecule has 19 heavy (non-hydrogen) atoms. The summed E-state index contributed by atoms with van der Waals surface area (Å²) < 4.78 is 5.13. The highest BCUT2D eigenvalue weighted by Crippen LogP contribution is 2.17. The van der Waals surface area contributed by atoms with E-state index in [1.54, 1.807) is 19.4 Å². The molecule has 0 bridgehead atoms. The summed E-state index contributed by atoms with van der Waals surface area (Å²) in [6, 6.07) is 12.3. The third kappa shape index (κ3) is 3.76. The molecule has 2 aromatic rings. The second-order valence-corrected chi connectivity index (χ2v) is 4.24. The number of methoxy groups -OCH3 is 1. The van der Waals surface area contributed by atoms with E-state index in [-0.39, 0.29) is 6.04 Å². The van der Waals surface area contributed by atoms with Gasteiger partial charge in [0.25, 0.3) is 0 Å². The van der Waals surface area contributed by atoms with Gasteiger partial charge in [-0.3, -0.25) is 0 Å². The van der Waals surface area contributed by atoms with Crippen LogP contribution in [0, 0.1) is 0 Å². The number of hydrogen-bond acceptors (Lipinski definition) is 4. The van der Waals surface area contributed by atoms with Gasteiger partial charge in [-0.2, -0.15) is 4.98 Å². The quantitative estimate of drug-likeness (QED) is 0.863. The van der Waals surface area contributed by atoms with Crippen LogP contribution in [0.1, 0.15) is 24.4 Å². The molecule has 0 amide bonds. The van der Waals surface area contributed by atoms with Gasteiger partial charge in [0.1, 0.15) is 5.82 Å². The van der Waals surface area contributed by atoms with Crippen LogP contribution in [0.5, 0.6) is 5.88 Å². The van der Waals surface area contributed by atoms with Crippen molar-refractivity contribution in [3.05, 3.63) is 54.0 Å². The lowest BCUT2D eigenvalue weighted by molar-refractivity contribution is 0.393. The van der Waals surface area contributed by atoms with Crippen LogP contribution in [0.15, 0.2) is 42.6 Å². The summed E-state index contributed by atoms with van der Waals surface area (Å²) in [4.78, 5) is 8.67. The molecule has 1 unspecified atom stereocenters. The van der Waals surface area contributed by atoms with Crippen LogP contribution >= 0.6 is 0 Å². The number of likely N-dealkylation sites (N-methyl/N-ethyl adjacent to an activating group) is 1. The molecule has 1 aromatic heterocycles. The van der Waals surface area contributed by atoms with Crippen LogP contribution in [0.3, 0.4) is 0 Å². The lowest BCUT2D eigenvalue weighted by Crippen LogP contribution is -2.23. The van der Waals surface area contributed by atoms with Gasteiger partial charge in [-0.05, 0) is 12.1 Å². The monoisotopic (exact) mass is 257 g/mol. The van der Waals surface area contributed by atoms with E-state index in [4.69, 9.17) is 4.74 Å². The first-order valence-electron chi connectivity index (χ1n) is 6.47. The van der Waals surface area contributed by atoms with Gasteiger partial charge < -0.3 is 10.1 Å². The summed E-state index contributed by atoms with van der Waals surface area (Å²) in [5.74, 6) is 1.39. The Labute approximate surface area is 113 Å². The van der Waals surface area contributed by atoms with E-state index in [1.807, 2.05) is 18.2 Å². The lowest BCUT2D eigenvalue weighted by Gasteiger charge is -2.17. The number of aromatic nitrogens is 2. The normalized spacial score (nSPS) is 12.1. The first-order valence-corrected chi connectivity index (χ1v) is 6.47. The van der Waals surface area contributed by atoms with Gasteiger partial charge in [-0.1, -0.05) is 37.3 Å². The van der Waals surface area contributed by atoms with Crippen molar-refractivity contribution in [1.29, 1.82) is 0 Å². The third-order valence-electron chi connectivity index (χ3n) is 2.93. The van der Waals surface area contributed by atoms with E-state index in [2.05, 4.69) is 34.3 Å². The van der Waals surface area contributed by atoms with E-state index in [1.165, 1.54) is 5.56 Å². The van der Waals surface area contributed by atoms with Crippen LogP contribution in [0.25, 0.3) is 0 Å². The zero-order valence-electron chi connectivity index (χ0n) is 11.3. The molecular formula is C15H19N3O. The molecule has 4 heteroatoms. The Bertz CT molecular complexity index is 502. The molecule has 0 spiro atoms. The van der Waals surface area contributed by atoms with Crippen LogP contribution in [-0.4, -0.2) is 23.6 Å². The smallest absolute Gasteiger partial charge is 0.216 e. The van der Waals surface area contributed by atoms with E-state index in [0.29, 0.717) is 5.88 Å². The Morgan fingerprint density at radius 1 is 1.21 bits per heavy atom. The minimum Gasteiger partial charge on any atom is -0.481 e. The molecule has 0 fully saturated rings. The number of benzene rings is 1. The van der Waals surface area contributed by atoms with Gasteiger partial charge in [0.15, 0.2) is 0 Å². The first kappa shape index (κ1) is 13.5. The van der Waals surface area contributed by atoms with E-state index < -0.39 is 0 Å². The molecule has 0 aliphatic carbocycles. The van der Waals surface area contributed by atoms with Gasteiger partial charge in [-0.25, -0.2) is 4.98 Å². The lowest BCUT2D eigenvalue weighted by atomic mass is 10.0. The van der Waals surface area contributed by atoms with Crippen LogP contribution < -0.4 is 10.1 Å². The summed E-state index contributed by atoms with van der Waals surface area (Å²) in [6.07, 6.45) is 2.48. The highest BCUT2D eigenvalue weighted by atomic mass is 16.5. The molecule has 0 saturated carbocycles. The maximum absolute atomic E-state index is 5.13. The molecule has 1 heterocycles. The molecule has 0 aliphatic heterocycles. The number of rotatable bonds is 6. The standard InChI is InChI=1S/C15H19N3O/c1-3-16-13(12-7-5-4-6-8-12)11-14-17-10-9-15(18-14)19-2/h4-10,13,16H,3,11H2,1-2H3. The van der Waals surface area contributed by atoms with E-state index >= 15 is 0 Å². The molecular weight excluding hydrogens is 238 g/mol. The third-order valence-corrected chi connectivity index (χ3v) is 2.93. The van der Waals surface area contributed by atoms with Crippen molar-refractivity contribution in [3.63, 3.8) is 0 Å². The van der Waals surface area contributed by atoms with Gasteiger partial charge in [-0.15, -0.1) is 0 Å². The fraction of sp³-hybridized carbons (Fsp3) is 0.333. The van der Waals surface area contributed by atoms with Crippen LogP contribution in [-0.2, 0) is 6.42 Å². The predicted molar refractivity (Wildman–Crippen MR) is 75.1 cm³/mol. The van der Waals surface area contributed by atoms with Crippen molar-refractivity contribution in [3.8, 4) is 5.88 Å². The Balaban J connectivity index is 2.16. The maximum Gasteiger partial charge on any atom is 0.216 e. The maximum atomic E-state index is 5.13. The van der Waals surface area contributed by atoms with Gasteiger partial charge >= 0.3 is 0 Å². The summed E-state index contributed by atoms with van der Waals surface area (Å²) in [5.41, 5.74) is 1.25. The topological polar surface area (TPSA) is 47.0 Å². The van der Waals surface area contributed by atoms with E-state index in [9.17, 15) is 0 Å². The molecule has 1 atom stereocenters. The average Bonchev–Trinajstić information content (AvgIpc) is 2.48. The minimum atomic E-state index is 0.221. The summed E-state index contributed by atoms with van der Waals surface area (Å²) in [7, 11) is 1.62. The highest BCUT2D eigenvalue weighted by Gasteiger charge is 2.12.